The van der Waals surface area contributed by atoms with E-state index < -0.39 is 11.9 Å². The van der Waals surface area contributed by atoms with Gasteiger partial charge in [-0.3, -0.25) is 14.6 Å². The van der Waals surface area contributed by atoms with Crippen LogP contribution in [0.3, 0.4) is 0 Å². The van der Waals surface area contributed by atoms with E-state index in [-0.39, 0.29) is 5.91 Å². The van der Waals surface area contributed by atoms with Gasteiger partial charge in [0, 0.05) is 34.2 Å². The van der Waals surface area contributed by atoms with Gasteiger partial charge in [-0.25, -0.2) is 4.98 Å². The Balaban J connectivity index is 1.30. The molecule has 0 aliphatic heterocycles. The quantitative estimate of drug-likeness (QED) is 0.311. The predicted molar refractivity (Wildman–Crippen MR) is 134 cm³/mol. The lowest BCUT2D eigenvalue weighted by atomic mass is 10.1. The smallest absolute Gasteiger partial charge is 0.252 e. The van der Waals surface area contributed by atoms with Crippen molar-refractivity contribution in [2.75, 3.05) is 5.75 Å². The molecular weight excluding hydrogens is 446 g/mol. The monoisotopic (exact) mass is 467 g/mol. The summed E-state index contributed by atoms with van der Waals surface area (Å²) in [4.78, 5) is 37.8. The van der Waals surface area contributed by atoms with Crippen LogP contribution in [0.15, 0.2) is 90.1 Å². The summed E-state index contributed by atoms with van der Waals surface area (Å²) in [6.07, 6.45) is 3.39. The molecule has 2 aromatic heterocycles. The Morgan fingerprint density at radius 3 is 2.56 bits per heavy atom. The van der Waals surface area contributed by atoms with Gasteiger partial charge in [-0.1, -0.05) is 30.3 Å². The van der Waals surface area contributed by atoms with Crippen molar-refractivity contribution in [3.8, 4) is 11.4 Å². The number of carbonyl (C=O) groups excluding carboxylic acids is 2. The number of primary amides is 1. The second-order valence-corrected chi connectivity index (χ2v) is 8.90. The molecule has 4 N–H and O–H groups in total. The molecule has 1 atom stereocenters. The van der Waals surface area contributed by atoms with E-state index in [4.69, 9.17) is 5.73 Å². The van der Waals surface area contributed by atoms with Gasteiger partial charge >= 0.3 is 0 Å². The number of fused-ring (bicyclic) bond motifs is 2. The van der Waals surface area contributed by atoms with E-state index in [0.717, 1.165) is 32.3 Å². The van der Waals surface area contributed by atoms with Gasteiger partial charge in [0.1, 0.15) is 11.9 Å². The number of nitrogens with one attached hydrogen (secondary N) is 2. The van der Waals surface area contributed by atoms with Gasteiger partial charge in [-0.05, 0) is 53.2 Å². The Kier molecular flexibility index (Phi) is 5.97. The van der Waals surface area contributed by atoms with Crippen molar-refractivity contribution in [2.24, 2.45) is 5.73 Å². The molecule has 5 aromatic rings. The summed E-state index contributed by atoms with van der Waals surface area (Å²) in [5.74, 6) is 0.0728. The van der Waals surface area contributed by atoms with Gasteiger partial charge in [0.05, 0.1) is 11.0 Å². The molecule has 0 saturated carbocycles. The second-order valence-electron chi connectivity index (χ2n) is 7.80. The number of carbonyl (C=O) groups is 2. The molecule has 2 amide bonds. The summed E-state index contributed by atoms with van der Waals surface area (Å²) in [5.41, 5.74) is 8.36. The third-order valence-corrected chi connectivity index (χ3v) is 6.57. The molecule has 0 aliphatic rings. The van der Waals surface area contributed by atoms with Crippen LogP contribution in [0, 0.1) is 0 Å². The average Bonchev–Trinajstić information content (AvgIpc) is 3.30. The summed E-state index contributed by atoms with van der Waals surface area (Å²) in [6.45, 7) is 0. The maximum Gasteiger partial charge on any atom is 0.252 e. The van der Waals surface area contributed by atoms with Crippen LogP contribution in [0.4, 0.5) is 0 Å². The van der Waals surface area contributed by atoms with Crippen molar-refractivity contribution in [3.63, 3.8) is 0 Å². The number of benzene rings is 3. The van der Waals surface area contributed by atoms with Crippen molar-refractivity contribution in [1.29, 1.82) is 0 Å². The Bertz CT molecular complexity index is 1500. The lowest BCUT2D eigenvalue weighted by molar-refractivity contribution is -0.119. The molecule has 0 bridgehead atoms. The molecule has 0 radical (unpaired) electrons. The average molecular weight is 468 g/mol. The molecule has 3 aromatic carbocycles. The first kappa shape index (κ1) is 21.7. The van der Waals surface area contributed by atoms with Crippen molar-refractivity contribution >= 4 is 45.4 Å². The van der Waals surface area contributed by atoms with Crippen LogP contribution in [0.5, 0.6) is 0 Å². The minimum Gasteiger partial charge on any atom is -0.368 e. The number of thioether (sulfide) groups is 1. The number of rotatable bonds is 7. The molecule has 0 spiro atoms. The van der Waals surface area contributed by atoms with E-state index in [0.29, 0.717) is 17.1 Å². The Morgan fingerprint density at radius 1 is 0.971 bits per heavy atom. The summed E-state index contributed by atoms with van der Waals surface area (Å²) >= 11 is 1.48. The Labute approximate surface area is 199 Å². The van der Waals surface area contributed by atoms with Gasteiger partial charge in [0.25, 0.3) is 5.91 Å². The molecular formula is C26H21N5O2S. The summed E-state index contributed by atoms with van der Waals surface area (Å²) in [5, 5.41) is 5.03. The van der Waals surface area contributed by atoms with Crippen LogP contribution in [-0.2, 0) is 4.79 Å². The highest BCUT2D eigenvalue weighted by atomic mass is 32.2. The minimum absolute atomic E-state index is 0.331. The predicted octanol–water partition coefficient (Wildman–Crippen LogP) is 4.15. The number of amides is 2. The van der Waals surface area contributed by atoms with E-state index >= 15 is 0 Å². The lowest BCUT2D eigenvalue weighted by Crippen LogP contribution is -2.46. The normalized spacial score (nSPS) is 12.0. The Morgan fingerprint density at radius 2 is 1.76 bits per heavy atom. The molecule has 2 heterocycles. The van der Waals surface area contributed by atoms with Crippen molar-refractivity contribution in [1.82, 2.24) is 20.3 Å². The van der Waals surface area contributed by atoms with Crippen LogP contribution in [0.1, 0.15) is 10.4 Å². The second kappa shape index (κ2) is 9.36. The zero-order chi connectivity index (χ0) is 23.5. The third kappa shape index (κ3) is 4.62. The molecule has 7 nitrogen and oxygen atoms in total. The summed E-state index contributed by atoms with van der Waals surface area (Å²) in [7, 11) is 0. The highest BCUT2D eigenvalue weighted by Gasteiger charge is 2.20. The molecule has 34 heavy (non-hydrogen) atoms. The fourth-order valence-corrected chi connectivity index (χ4v) is 4.65. The van der Waals surface area contributed by atoms with Crippen molar-refractivity contribution in [3.05, 3.63) is 90.8 Å². The van der Waals surface area contributed by atoms with Gasteiger partial charge in [-0.2, -0.15) is 0 Å². The van der Waals surface area contributed by atoms with E-state index in [1.54, 1.807) is 30.6 Å². The number of aromatic nitrogens is 3. The topological polar surface area (TPSA) is 114 Å². The number of hydrogen-bond acceptors (Lipinski definition) is 5. The molecule has 0 saturated heterocycles. The number of hydrogen-bond donors (Lipinski definition) is 3. The third-order valence-electron chi connectivity index (χ3n) is 5.48. The molecule has 5 rings (SSSR count). The van der Waals surface area contributed by atoms with Crippen molar-refractivity contribution in [2.45, 2.75) is 10.9 Å². The highest BCUT2D eigenvalue weighted by molar-refractivity contribution is 7.99. The van der Waals surface area contributed by atoms with Gasteiger partial charge in [0.2, 0.25) is 5.91 Å². The fraction of sp³-hybridized carbons (Fsp3) is 0.0769. The van der Waals surface area contributed by atoms with E-state index in [9.17, 15) is 9.59 Å². The minimum atomic E-state index is -0.811. The van der Waals surface area contributed by atoms with Gasteiger partial charge in [0.15, 0.2) is 0 Å². The maximum absolute atomic E-state index is 12.9. The van der Waals surface area contributed by atoms with Crippen LogP contribution >= 0.6 is 11.8 Å². The summed E-state index contributed by atoms with van der Waals surface area (Å²) < 4.78 is 0. The van der Waals surface area contributed by atoms with Gasteiger partial charge in [-0.15, -0.1) is 11.8 Å². The van der Waals surface area contributed by atoms with Crippen LogP contribution in [0.25, 0.3) is 33.2 Å². The first-order valence-corrected chi connectivity index (χ1v) is 11.7. The zero-order valence-corrected chi connectivity index (χ0v) is 18.9. The van der Waals surface area contributed by atoms with Crippen LogP contribution < -0.4 is 11.1 Å². The Hall–Kier alpha value is -4.17. The zero-order valence-electron chi connectivity index (χ0n) is 18.1. The standard InChI is InChI=1S/C26H21N5O2S/c27-24(32)23(15-34-20-7-5-16-3-1-2-4-18(16)13-20)31-26(33)19-6-8-21-22(14-19)30-25(29-21)17-9-11-28-12-10-17/h1-14,23H,15H2,(H2,27,32)(H,29,30)(H,31,33)/t23-/m0/s1. The largest absolute Gasteiger partial charge is 0.368 e. The molecule has 0 aliphatic carbocycles. The van der Waals surface area contributed by atoms with Crippen LogP contribution in [-0.4, -0.2) is 38.6 Å². The van der Waals surface area contributed by atoms with E-state index in [1.807, 2.05) is 48.5 Å². The number of pyridine rings is 1. The number of nitrogens with two attached hydrogens (primary N) is 1. The molecule has 168 valence electrons. The molecule has 8 heteroatoms. The summed E-state index contributed by atoms with van der Waals surface area (Å²) in [6, 6.07) is 22.2. The van der Waals surface area contributed by atoms with Crippen molar-refractivity contribution < 1.29 is 9.59 Å². The lowest BCUT2D eigenvalue weighted by Gasteiger charge is -2.15. The molecule has 0 fully saturated rings. The highest BCUT2D eigenvalue weighted by Crippen LogP contribution is 2.25. The number of H-pyrrole nitrogens is 1. The fourth-order valence-electron chi connectivity index (χ4n) is 3.67. The number of aromatic amines is 1. The SMILES string of the molecule is NC(=O)[C@H](CSc1ccc2ccccc2c1)NC(=O)c1ccc2nc(-c3ccncc3)[nH]c2c1. The first-order valence-electron chi connectivity index (χ1n) is 10.7. The first-order chi connectivity index (χ1) is 16.6. The van der Waals surface area contributed by atoms with E-state index in [2.05, 4.69) is 26.3 Å². The number of nitrogens with zero attached hydrogens (tertiary/aromatic N) is 2. The maximum atomic E-state index is 12.9. The van der Waals surface area contributed by atoms with Crippen LogP contribution in [0.2, 0.25) is 0 Å². The molecule has 0 unspecified atom stereocenters. The van der Waals surface area contributed by atoms with Gasteiger partial charge < -0.3 is 16.0 Å². The van der Waals surface area contributed by atoms with E-state index in [1.165, 1.54) is 11.8 Å². The number of imidazole rings is 1.